The van der Waals surface area contributed by atoms with E-state index in [2.05, 4.69) is 81.4 Å². The summed E-state index contributed by atoms with van der Waals surface area (Å²) in [6.45, 7) is 4.24. The molecular formula is C20H18BrN3S2. The molecule has 1 aromatic carbocycles. The fourth-order valence-electron chi connectivity index (χ4n) is 3.50. The van der Waals surface area contributed by atoms with Gasteiger partial charge in [-0.1, -0.05) is 12.1 Å². The summed E-state index contributed by atoms with van der Waals surface area (Å²) in [7, 11) is 0. The molecule has 0 saturated carbocycles. The molecular weight excluding hydrogens is 426 g/mol. The van der Waals surface area contributed by atoms with Crippen LogP contribution < -0.4 is 10.2 Å². The van der Waals surface area contributed by atoms with Crippen molar-refractivity contribution in [3.63, 3.8) is 0 Å². The summed E-state index contributed by atoms with van der Waals surface area (Å²) < 4.78 is 1.12. The van der Waals surface area contributed by atoms with Crippen LogP contribution in [-0.2, 0) is 0 Å². The zero-order valence-corrected chi connectivity index (χ0v) is 17.7. The molecule has 1 aliphatic rings. The van der Waals surface area contributed by atoms with Crippen LogP contribution in [0, 0.1) is 13.8 Å². The van der Waals surface area contributed by atoms with E-state index in [0.717, 1.165) is 20.3 Å². The van der Waals surface area contributed by atoms with E-state index in [9.17, 15) is 0 Å². The number of halogens is 1. The molecule has 0 bridgehead atoms. The lowest BCUT2D eigenvalue weighted by molar-refractivity contribution is 0.575. The Bertz CT molecular complexity index is 934. The van der Waals surface area contributed by atoms with Crippen molar-refractivity contribution < 1.29 is 0 Å². The Morgan fingerprint density at radius 1 is 1.12 bits per heavy atom. The third-order valence-electron chi connectivity index (χ3n) is 4.47. The van der Waals surface area contributed by atoms with E-state index in [1.807, 2.05) is 18.3 Å². The van der Waals surface area contributed by atoms with E-state index in [1.54, 1.807) is 11.3 Å². The lowest BCUT2D eigenvalue weighted by Crippen LogP contribution is -2.29. The first-order valence-corrected chi connectivity index (χ1v) is 10.4. The maximum Gasteiger partial charge on any atom is 0.174 e. The summed E-state index contributed by atoms with van der Waals surface area (Å²) in [6, 6.07) is 16.9. The largest absolute Gasteiger partial charge is 0.351 e. The number of thiocarbonyl (C=S) groups is 1. The van der Waals surface area contributed by atoms with E-state index >= 15 is 0 Å². The van der Waals surface area contributed by atoms with Gasteiger partial charge in [-0.3, -0.25) is 4.98 Å². The molecule has 0 aliphatic carbocycles. The normalized spacial score (nSPS) is 19.7. The number of aryl methyl sites for hydroxylation is 2. The maximum absolute atomic E-state index is 5.75. The van der Waals surface area contributed by atoms with Crippen LogP contribution in [-0.4, -0.2) is 10.1 Å². The number of hydrogen-bond acceptors (Lipinski definition) is 3. The lowest BCUT2D eigenvalue weighted by atomic mass is 10.0. The Morgan fingerprint density at radius 3 is 2.50 bits per heavy atom. The topological polar surface area (TPSA) is 28.2 Å². The van der Waals surface area contributed by atoms with Gasteiger partial charge in [0.15, 0.2) is 5.11 Å². The first-order chi connectivity index (χ1) is 12.5. The molecule has 1 fully saturated rings. The number of hydrogen-bond donors (Lipinski definition) is 1. The van der Waals surface area contributed by atoms with E-state index in [-0.39, 0.29) is 12.1 Å². The third-order valence-corrected chi connectivity index (χ3v) is 6.48. The number of anilines is 1. The Kier molecular flexibility index (Phi) is 4.82. The fraction of sp³-hybridized carbons (Fsp3) is 0.200. The van der Waals surface area contributed by atoms with Crippen molar-refractivity contribution in [2.75, 3.05) is 4.90 Å². The van der Waals surface area contributed by atoms with Crippen LogP contribution in [0.5, 0.6) is 0 Å². The average Bonchev–Trinajstić information content (AvgIpc) is 3.18. The quantitative estimate of drug-likeness (QED) is 0.525. The zero-order valence-electron chi connectivity index (χ0n) is 14.4. The van der Waals surface area contributed by atoms with E-state index < -0.39 is 0 Å². The van der Waals surface area contributed by atoms with Crippen molar-refractivity contribution >= 4 is 50.3 Å². The van der Waals surface area contributed by atoms with Gasteiger partial charge in [-0.25, -0.2) is 0 Å². The molecule has 0 spiro atoms. The van der Waals surface area contributed by atoms with Gasteiger partial charge >= 0.3 is 0 Å². The van der Waals surface area contributed by atoms with E-state index in [1.165, 1.54) is 16.0 Å². The highest BCUT2D eigenvalue weighted by molar-refractivity contribution is 9.11. The average molecular weight is 444 g/mol. The highest BCUT2D eigenvalue weighted by atomic mass is 79.9. The number of benzene rings is 1. The predicted molar refractivity (Wildman–Crippen MR) is 116 cm³/mol. The minimum absolute atomic E-state index is 0.00932. The molecule has 2 aromatic heterocycles. The van der Waals surface area contributed by atoms with Gasteiger partial charge < -0.3 is 10.2 Å². The molecule has 3 aromatic rings. The van der Waals surface area contributed by atoms with Crippen molar-refractivity contribution in [1.29, 1.82) is 0 Å². The fourth-order valence-corrected chi connectivity index (χ4v) is 5.40. The molecule has 4 rings (SSSR count). The second kappa shape index (κ2) is 7.10. The molecule has 1 aliphatic heterocycles. The summed E-state index contributed by atoms with van der Waals surface area (Å²) >= 11 is 11.1. The maximum atomic E-state index is 5.75. The molecule has 6 heteroatoms. The second-order valence-corrected chi connectivity index (χ2v) is 9.37. The molecule has 2 atom stereocenters. The highest BCUT2D eigenvalue weighted by Crippen LogP contribution is 2.44. The number of nitrogens with one attached hydrogen (secondary N) is 1. The summed E-state index contributed by atoms with van der Waals surface area (Å²) in [4.78, 5) is 8.06. The molecule has 1 saturated heterocycles. The number of thiophene rings is 1. The molecule has 3 nitrogen and oxygen atoms in total. The number of aromatic nitrogens is 1. The molecule has 0 amide bonds. The molecule has 26 heavy (non-hydrogen) atoms. The van der Waals surface area contributed by atoms with Crippen LogP contribution in [0.15, 0.2) is 58.5 Å². The predicted octanol–water partition coefficient (Wildman–Crippen LogP) is 5.70. The Hall–Kier alpha value is -1.76. The number of nitrogens with zero attached hydrogens (tertiary/aromatic N) is 2. The van der Waals surface area contributed by atoms with Crippen LogP contribution in [0.25, 0.3) is 0 Å². The molecule has 3 heterocycles. The Balaban J connectivity index is 1.85. The minimum atomic E-state index is 0.00932. The number of rotatable bonds is 3. The SMILES string of the molecule is Cc1cc(C)cc(N2C(=S)N[C@H](c3ccccn3)[C@@H]2c2ccc(Br)s2)c1. The highest BCUT2D eigenvalue weighted by Gasteiger charge is 2.41. The smallest absolute Gasteiger partial charge is 0.174 e. The van der Waals surface area contributed by atoms with Crippen LogP contribution in [0.1, 0.15) is 33.8 Å². The van der Waals surface area contributed by atoms with Crippen LogP contribution in [0.3, 0.4) is 0 Å². The minimum Gasteiger partial charge on any atom is -0.351 e. The summed E-state index contributed by atoms with van der Waals surface area (Å²) in [5.74, 6) is 0. The van der Waals surface area contributed by atoms with Gasteiger partial charge in [0.2, 0.25) is 0 Å². The van der Waals surface area contributed by atoms with E-state index in [0.29, 0.717) is 0 Å². The monoisotopic (exact) mass is 443 g/mol. The van der Waals surface area contributed by atoms with Crippen molar-refractivity contribution in [3.8, 4) is 0 Å². The molecule has 132 valence electrons. The van der Waals surface area contributed by atoms with Gasteiger partial charge in [0.1, 0.15) is 0 Å². The van der Waals surface area contributed by atoms with Crippen LogP contribution in [0.4, 0.5) is 5.69 Å². The first kappa shape index (κ1) is 17.6. The van der Waals surface area contributed by atoms with Gasteiger partial charge in [0.05, 0.1) is 21.6 Å². The first-order valence-electron chi connectivity index (χ1n) is 8.37. The zero-order chi connectivity index (χ0) is 18.3. The van der Waals surface area contributed by atoms with Crippen LogP contribution in [0.2, 0.25) is 0 Å². The third kappa shape index (κ3) is 3.29. The lowest BCUT2D eigenvalue weighted by Gasteiger charge is -2.27. The van der Waals surface area contributed by atoms with Crippen molar-refractivity contribution in [2.45, 2.75) is 25.9 Å². The molecule has 0 radical (unpaired) electrons. The van der Waals surface area contributed by atoms with E-state index in [4.69, 9.17) is 12.2 Å². The standard InChI is InChI=1S/C20H18BrN3S2/c1-12-9-13(2)11-14(10-12)24-19(16-6-7-17(21)26-16)18(23-20(24)25)15-5-3-4-8-22-15/h3-11,18-19H,1-2H3,(H,23,25)/t18-,19+/m1/s1. The van der Waals surface area contributed by atoms with Gasteiger partial charge in [-0.15, -0.1) is 11.3 Å². The van der Waals surface area contributed by atoms with Crippen molar-refractivity contribution in [3.05, 3.63) is 80.2 Å². The Labute approximate surface area is 171 Å². The number of pyridine rings is 1. The van der Waals surface area contributed by atoms with Gasteiger partial charge in [0, 0.05) is 16.8 Å². The van der Waals surface area contributed by atoms with Crippen molar-refractivity contribution in [1.82, 2.24) is 10.3 Å². The summed E-state index contributed by atoms with van der Waals surface area (Å²) in [5, 5.41) is 4.24. The van der Waals surface area contributed by atoms with Crippen LogP contribution >= 0.6 is 39.5 Å². The Morgan fingerprint density at radius 2 is 1.88 bits per heavy atom. The van der Waals surface area contributed by atoms with Gasteiger partial charge in [-0.2, -0.15) is 0 Å². The second-order valence-electron chi connectivity index (χ2n) is 6.48. The van der Waals surface area contributed by atoms with Gasteiger partial charge in [-0.05, 0) is 89.5 Å². The summed E-state index contributed by atoms with van der Waals surface area (Å²) in [5.41, 5.74) is 4.58. The molecule has 0 unspecified atom stereocenters. The summed E-state index contributed by atoms with van der Waals surface area (Å²) in [6.07, 6.45) is 1.83. The molecule has 1 N–H and O–H groups in total. The van der Waals surface area contributed by atoms with Gasteiger partial charge in [0.25, 0.3) is 0 Å². The van der Waals surface area contributed by atoms with Crippen molar-refractivity contribution in [2.24, 2.45) is 0 Å².